The average Bonchev–Trinajstić information content (AvgIpc) is 2.37. The lowest BCUT2D eigenvalue weighted by atomic mass is 10.1. The lowest BCUT2D eigenvalue weighted by Crippen LogP contribution is -2.41. The number of carbonyl (C=O) groups is 2. The van der Waals surface area contributed by atoms with Crippen LogP contribution in [0.25, 0.3) is 0 Å². The number of carbonyl (C=O) groups excluding carboxylic acids is 1. The average molecular weight is 286 g/mol. The molecule has 0 unspecified atom stereocenters. The van der Waals surface area contributed by atoms with E-state index in [0.29, 0.717) is 11.4 Å². The molecule has 104 valence electrons. The number of rotatable bonds is 7. The zero-order valence-corrected chi connectivity index (χ0v) is 11.1. The van der Waals surface area contributed by atoms with Gasteiger partial charge in [0.25, 0.3) is 0 Å². The van der Waals surface area contributed by atoms with Crippen molar-refractivity contribution in [2.75, 3.05) is 6.61 Å². The van der Waals surface area contributed by atoms with E-state index in [0.717, 1.165) is 5.56 Å². The van der Waals surface area contributed by atoms with Crippen LogP contribution < -0.4 is 5.32 Å². The Hall–Kier alpha value is -1.59. The molecule has 3 N–H and O–H groups in total. The third kappa shape index (κ3) is 5.28. The largest absolute Gasteiger partial charge is 0.480 e. The van der Waals surface area contributed by atoms with Crippen LogP contribution in [0.4, 0.5) is 0 Å². The molecule has 1 aromatic rings. The van der Waals surface area contributed by atoms with Crippen LogP contribution in [0.5, 0.6) is 0 Å². The number of aryl methyl sites for hydroxylation is 1. The van der Waals surface area contributed by atoms with Crippen molar-refractivity contribution in [3.8, 4) is 0 Å². The van der Waals surface area contributed by atoms with Crippen LogP contribution in [0.3, 0.4) is 0 Å². The van der Waals surface area contributed by atoms with Crippen molar-refractivity contribution >= 4 is 23.5 Å². The van der Waals surface area contributed by atoms with Gasteiger partial charge in [-0.1, -0.05) is 29.8 Å². The van der Waals surface area contributed by atoms with E-state index in [1.54, 1.807) is 12.1 Å². The molecule has 0 aliphatic rings. The summed E-state index contributed by atoms with van der Waals surface area (Å²) in [6, 6.07) is 6.13. The molecule has 1 atom stereocenters. The fourth-order valence-electron chi connectivity index (χ4n) is 1.60. The van der Waals surface area contributed by atoms with Gasteiger partial charge in [0.15, 0.2) is 0 Å². The van der Waals surface area contributed by atoms with Crippen LogP contribution in [0.15, 0.2) is 24.3 Å². The maximum atomic E-state index is 11.6. The number of carboxylic acid groups (broad SMARTS) is 1. The molecular weight excluding hydrogens is 270 g/mol. The van der Waals surface area contributed by atoms with Crippen molar-refractivity contribution in [1.29, 1.82) is 0 Å². The Morgan fingerprint density at radius 3 is 2.58 bits per heavy atom. The van der Waals surface area contributed by atoms with Crippen molar-refractivity contribution in [2.24, 2.45) is 0 Å². The van der Waals surface area contributed by atoms with Gasteiger partial charge in [-0.25, -0.2) is 4.79 Å². The van der Waals surface area contributed by atoms with E-state index in [-0.39, 0.29) is 25.4 Å². The lowest BCUT2D eigenvalue weighted by Gasteiger charge is -2.13. The number of aliphatic hydroxyl groups excluding tert-OH is 1. The molecular formula is C13H16ClNO4. The summed E-state index contributed by atoms with van der Waals surface area (Å²) in [5.41, 5.74) is 0.841. The third-order valence-corrected chi connectivity index (χ3v) is 3.00. The van der Waals surface area contributed by atoms with Gasteiger partial charge in [-0.2, -0.15) is 0 Å². The minimum atomic E-state index is -1.15. The summed E-state index contributed by atoms with van der Waals surface area (Å²) in [6.07, 6.45) is 0.586. The van der Waals surface area contributed by atoms with Crippen LogP contribution in [-0.2, 0) is 16.0 Å². The van der Waals surface area contributed by atoms with Gasteiger partial charge < -0.3 is 15.5 Å². The molecule has 0 saturated carbocycles. The van der Waals surface area contributed by atoms with E-state index in [4.69, 9.17) is 21.8 Å². The minimum absolute atomic E-state index is 0.00678. The molecule has 0 fully saturated rings. The van der Waals surface area contributed by atoms with Crippen molar-refractivity contribution in [3.05, 3.63) is 34.9 Å². The lowest BCUT2D eigenvalue weighted by molar-refractivity contribution is -0.142. The molecule has 5 nitrogen and oxygen atoms in total. The van der Waals surface area contributed by atoms with Gasteiger partial charge >= 0.3 is 5.97 Å². The first-order chi connectivity index (χ1) is 9.04. The summed E-state index contributed by atoms with van der Waals surface area (Å²) in [7, 11) is 0. The van der Waals surface area contributed by atoms with E-state index in [1.165, 1.54) is 0 Å². The molecule has 0 spiro atoms. The van der Waals surface area contributed by atoms with Crippen LogP contribution in [0, 0.1) is 0 Å². The molecule has 0 bridgehead atoms. The van der Waals surface area contributed by atoms with E-state index >= 15 is 0 Å². The molecule has 6 heteroatoms. The highest BCUT2D eigenvalue weighted by Crippen LogP contribution is 2.16. The Bertz CT molecular complexity index is 450. The first kappa shape index (κ1) is 15.5. The molecule has 1 rings (SSSR count). The van der Waals surface area contributed by atoms with Crippen molar-refractivity contribution in [3.63, 3.8) is 0 Å². The minimum Gasteiger partial charge on any atom is -0.480 e. The summed E-state index contributed by atoms with van der Waals surface area (Å²) < 4.78 is 0. The van der Waals surface area contributed by atoms with Gasteiger partial charge in [-0.3, -0.25) is 4.79 Å². The molecule has 1 amide bonds. The Morgan fingerprint density at radius 1 is 1.32 bits per heavy atom. The highest BCUT2D eigenvalue weighted by atomic mass is 35.5. The van der Waals surface area contributed by atoms with Crippen LogP contribution in [-0.4, -0.2) is 34.7 Å². The summed E-state index contributed by atoms with van der Waals surface area (Å²) in [5, 5.41) is 20.5. The Morgan fingerprint density at radius 2 is 2.00 bits per heavy atom. The van der Waals surface area contributed by atoms with Gasteiger partial charge in [-0.05, 0) is 18.1 Å². The number of aliphatic hydroxyl groups is 1. The molecule has 0 radical (unpaired) electrons. The first-order valence-corrected chi connectivity index (χ1v) is 6.29. The van der Waals surface area contributed by atoms with Gasteiger partial charge in [0.2, 0.25) is 5.91 Å². The Balaban J connectivity index is 2.47. The number of benzene rings is 1. The molecule has 0 saturated heterocycles. The molecule has 19 heavy (non-hydrogen) atoms. The summed E-state index contributed by atoms with van der Waals surface area (Å²) >= 11 is 5.95. The highest BCUT2D eigenvalue weighted by molar-refractivity contribution is 6.31. The SMILES string of the molecule is O=C(CCc1ccccc1Cl)N[C@H](CCO)C(=O)O. The summed E-state index contributed by atoms with van der Waals surface area (Å²) in [6.45, 7) is -0.290. The summed E-state index contributed by atoms with van der Waals surface area (Å²) in [4.78, 5) is 22.4. The van der Waals surface area contributed by atoms with Gasteiger partial charge in [0.1, 0.15) is 6.04 Å². The van der Waals surface area contributed by atoms with Crippen molar-refractivity contribution in [2.45, 2.75) is 25.3 Å². The third-order valence-electron chi connectivity index (χ3n) is 2.63. The summed E-state index contributed by atoms with van der Waals surface area (Å²) in [5.74, 6) is -1.53. The van der Waals surface area contributed by atoms with Gasteiger partial charge in [0.05, 0.1) is 0 Å². The van der Waals surface area contributed by atoms with Crippen LogP contribution in [0.2, 0.25) is 5.02 Å². The predicted octanol–water partition coefficient (Wildman–Crippen LogP) is 1.22. The fourth-order valence-corrected chi connectivity index (χ4v) is 1.83. The second kappa shape index (κ2) is 7.76. The van der Waals surface area contributed by atoms with Crippen LogP contribution in [0.1, 0.15) is 18.4 Å². The number of amides is 1. The van der Waals surface area contributed by atoms with E-state index < -0.39 is 12.0 Å². The maximum Gasteiger partial charge on any atom is 0.326 e. The number of carboxylic acids is 1. The molecule has 0 aliphatic heterocycles. The van der Waals surface area contributed by atoms with Gasteiger partial charge in [-0.15, -0.1) is 0 Å². The fraction of sp³-hybridized carbons (Fsp3) is 0.385. The molecule has 0 aliphatic carbocycles. The Labute approximate surface area is 116 Å². The van der Waals surface area contributed by atoms with Crippen LogP contribution >= 0.6 is 11.6 Å². The van der Waals surface area contributed by atoms with E-state index in [2.05, 4.69) is 5.32 Å². The van der Waals surface area contributed by atoms with Crippen molar-refractivity contribution < 1.29 is 19.8 Å². The van der Waals surface area contributed by atoms with Crippen molar-refractivity contribution in [1.82, 2.24) is 5.32 Å². The molecule has 0 aromatic heterocycles. The number of nitrogens with one attached hydrogen (secondary N) is 1. The number of aliphatic carboxylic acids is 1. The van der Waals surface area contributed by atoms with Gasteiger partial charge in [0, 0.05) is 24.5 Å². The zero-order chi connectivity index (χ0) is 14.3. The quantitative estimate of drug-likeness (QED) is 0.703. The number of halogens is 1. The number of hydrogen-bond donors (Lipinski definition) is 3. The second-order valence-electron chi connectivity index (χ2n) is 4.06. The first-order valence-electron chi connectivity index (χ1n) is 5.91. The van der Waals surface area contributed by atoms with E-state index in [9.17, 15) is 9.59 Å². The van der Waals surface area contributed by atoms with E-state index in [1.807, 2.05) is 12.1 Å². The second-order valence-corrected chi connectivity index (χ2v) is 4.47. The molecule has 1 aromatic carbocycles. The predicted molar refractivity (Wildman–Crippen MR) is 71.0 cm³/mol. The number of hydrogen-bond acceptors (Lipinski definition) is 3. The standard InChI is InChI=1S/C13H16ClNO4/c14-10-4-2-1-3-9(10)5-6-12(17)15-11(7-8-16)13(18)19/h1-4,11,16H,5-8H2,(H,15,17)(H,18,19)/t11-/m1/s1. The zero-order valence-electron chi connectivity index (χ0n) is 10.3. The topological polar surface area (TPSA) is 86.6 Å². The normalized spacial score (nSPS) is 11.9. The molecule has 0 heterocycles. The highest BCUT2D eigenvalue weighted by Gasteiger charge is 2.18. The smallest absolute Gasteiger partial charge is 0.326 e. The Kier molecular flexibility index (Phi) is 6.32. The maximum absolute atomic E-state index is 11.6. The monoisotopic (exact) mass is 285 g/mol.